The standard InChI is InChI=1S/C12H15NO.ClH/c1-12(11(14)7-8-13-12)9-10-5-3-2-4-6-10;/h2-6,13H,7-9H2,1H3;1H. The normalized spacial score (nSPS) is 25.0. The summed E-state index contributed by atoms with van der Waals surface area (Å²) in [5, 5.41) is 3.28. The average molecular weight is 226 g/mol. The number of hydrogen-bond donors (Lipinski definition) is 1. The number of ketones is 1. The molecule has 3 heteroatoms. The zero-order valence-corrected chi connectivity index (χ0v) is 9.64. The van der Waals surface area contributed by atoms with Gasteiger partial charge in [0.05, 0.1) is 5.54 Å². The van der Waals surface area contributed by atoms with Crippen molar-refractivity contribution in [3.05, 3.63) is 35.9 Å². The smallest absolute Gasteiger partial charge is 0.154 e. The van der Waals surface area contributed by atoms with Crippen molar-refractivity contribution < 1.29 is 4.79 Å². The van der Waals surface area contributed by atoms with Gasteiger partial charge in [0.1, 0.15) is 0 Å². The Labute approximate surface area is 96.5 Å². The van der Waals surface area contributed by atoms with Crippen molar-refractivity contribution in [1.82, 2.24) is 5.32 Å². The Morgan fingerprint density at radius 2 is 2.00 bits per heavy atom. The molecule has 2 rings (SSSR count). The molecule has 0 aromatic heterocycles. The van der Waals surface area contributed by atoms with Crippen LogP contribution >= 0.6 is 12.4 Å². The van der Waals surface area contributed by atoms with Gasteiger partial charge in [-0.15, -0.1) is 12.4 Å². The molecule has 15 heavy (non-hydrogen) atoms. The first kappa shape index (κ1) is 12.2. The van der Waals surface area contributed by atoms with Crippen LogP contribution in [0.3, 0.4) is 0 Å². The molecule has 0 amide bonds. The molecule has 1 aromatic carbocycles. The molecule has 0 bridgehead atoms. The lowest BCUT2D eigenvalue weighted by Gasteiger charge is -2.22. The van der Waals surface area contributed by atoms with Gasteiger partial charge >= 0.3 is 0 Å². The van der Waals surface area contributed by atoms with E-state index in [2.05, 4.69) is 17.4 Å². The Balaban J connectivity index is 0.00000112. The molecule has 0 spiro atoms. The molecule has 0 aliphatic carbocycles. The predicted octanol–water partition coefficient (Wildman–Crippen LogP) is 1.97. The zero-order valence-electron chi connectivity index (χ0n) is 8.82. The van der Waals surface area contributed by atoms with Crippen molar-refractivity contribution in [2.75, 3.05) is 6.54 Å². The summed E-state index contributed by atoms with van der Waals surface area (Å²) in [6.07, 6.45) is 1.47. The third kappa shape index (κ3) is 2.58. The van der Waals surface area contributed by atoms with Crippen LogP contribution in [0, 0.1) is 0 Å². The van der Waals surface area contributed by atoms with E-state index in [-0.39, 0.29) is 17.9 Å². The van der Waals surface area contributed by atoms with Gasteiger partial charge in [-0.1, -0.05) is 30.3 Å². The maximum absolute atomic E-state index is 11.6. The molecule has 82 valence electrons. The lowest BCUT2D eigenvalue weighted by Crippen LogP contribution is -2.44. The number of carbonyl (C=O) groups excluding carboxylic acids is 1. The van der Waals surface area contributed by atoms with E-state index < -0.39 is 0 Å². The Morgan fingerprint density at radius 1 is 1.33 bits per heavy atom. The number of halogens is 1. The summed E-state index contributed by atoms with van der Waals surface area (Å²) in [5.41, 5.74) is 0.888. The average Bonchev–Trinajstić information content (AvgIpc) is 2.48. The number of Topliss-reactive ketones (excluding diaryl/α,β-unsaturated/α-hetero) is 1. The molecule has 1 saturated heterocycles. The van der Waals surface area contributed by atoms with Gasteiger partial charge in [-0.2, -0.15) is 0 Å². The lowest BCUT2D eigenvalue weighted by atomic mass is 9.90. The monoisotopic (exact) mass is 225 g/mol. The van der Waals surface area contributed by atoms with Crippen LogP contribution in [0.25, 0.3) is 0 Å². The molecule has 1 fully saturated rings. The van der Waals surface area contributed by atoms with Crippen LogP contribution < -0.4 is 5.32 Å². The molecule has 1 aliphatic rings. The van der Waals surface area contributed by atoms with E-state index in [4.69, 9.17) is 0 Å². The van der Waals surface area contributed by atoms with Crippen molar-refractivity contribution >= 4 is 18.2 Å². The van der Waals surface area contributed by atoms with Crippen LogP contribution in [0.4, 0.5) is 0 Å². The number of hydrogen-bond acceptors (Lipinski definition) is 2. The summed E-state index contributed by atoms with van der Waals surface area (Å²) in [6.45, 7) is 2.82. The fourth-order valence-corrected chi connectivity index (χ4v) is 1.99. The van der Waals surface area contributed by atoms with E-state index in [9.17, 15) is 4.79 Å². The summed E-state index contributed by atoms with van der Waals surface area (Å²) in [5.74, 6) is 0.335. The highest BCUT2D eigenvalue weighted by atomic mass is 35.5. The van der Waals surface area contributed by atoms with Gasteiger partial charge in [-0.05, 0) is 18.9 Å². The molecule has 1 unspecified atom stereocenters. The fourth-order valence-electron chi connectivity index (χ4n) is 1.99. The van der Waals surface area contributed by atoms with Gasteiger partial charge < -0.3 is 5.32 Å². The second-order valence-corrected chi connectivity index (χ2v) is 4.09. The Bertz CT molecular complexity index is 339. The van der Waals surface area contributed by atoms with Crippen LogP contribution in [-0.4, -0.2) is 17.9 Å². The SMILES string of the molecule is CC1(Cc2ccccc2)NCCC1=O.Cl. The third-order valence-electron chi connectivity index (χ3n) is 2.88. The topological polar surface area (TPSA) is 29.1 Å². The van der Waals surface area contributed by atoms with Crippen LogP contribution in [-0.2, 0) is 11.2 Å². The summed E-state index contributed by atoms with van der Waals surface area (Å²) >= 11 is 0. The Kier molecular flexibility index (Phi) is 3.89. The Hall–Kier alpha value is -0.860. The first-order valence-electron chi connectivity index (χ1n) is 5.03. The number of rotatable bonds is 2. The van der Waals surface area contributed by atoms with E-state index in [1.807, 2.05) is 25.1 Å². The van der Waals surface area contributed by atoms with E-state index >= 15 is 0 Å². The Morgan fingerprint density at radius 3 is 2.53 bits per heavy atom. The fraction of sp³-hybridized carbons (Fsp3) is 0.417. The highest BCUT2D eigenvalue weighted by Crippen LogP contribution is 2.19. The third-order valence-corrected chi connectivity index (χ3v) is 2.88. The first-order chi connectivity index (χ1) is 6.71. The number of benzene rings is 1. The largest absolute Gasteiger partial charge is 0.304 e. The minimum atomic E-state index is -0.332. The molecule has 1 aromatic rings. The number of nitrogens with one attached hydrogen (secondary N) is 1. The quantitative estimate of drug-likeness (QED) is 0.834. The van der Waals surface area contributed by atoms with Crippen molar-refractivity contribution in [3.63, 3.8) is 0 Å². The van der Waals surface area contributed by atoms with Crippen molar-refractivity contribution in [3.8, 4) is 0 Å². The summed E-state index contributed by atoms with van der Waals surface area (Å²) in [7, 11) is 0. The minimum absolute atomic E-state index is 0. The number of carbonyl (C=O) groups is 1. The lowest BCUT2D eigenvalue weighted by molar-refractivity contribution is -0.121. The molecule has 1 aliphatic heterocycles. The molecule has 2 nitrogen and oxygen atoms in total. The molecular formula is C12H16ClNO. The molecule has 0 saturated carbocycles. The van der Waals surface area contributed by atoms with Crippen LogP contribution in [0.5, 0.6) is 0 Å². The maximum atomic E-state index is 11.6. The first-order valence-corrected chi connectivity index (χ1v) is 5.03. The molecule has 0 radical (unpaired) electrons. The van der Waals surface area contributed by atoms with Crippen LogP contribution in [0.2, 0.25) is 0 Å². The van der Waals surface area contributed by atoms with E-state index in [1.165, 1.54) is 5.56 Å². The van der Waals surface area contributed by atoms with Crippen molar-refractivity contribution in [2.24, 2.45) is 0 Å². The molecular weight excluding hydrogens is 210 g/mol. The van der Waals surface area contributed by atoms with E-state index in [1.54, 1.807) is 0 Å². The molecule has 1 atom stereocenters. The van der Waals surface area contributed by atoms with E-state index in [0.29, 0.717) is 12.2 Å². The van der Waals surface area contributed by atoms with Gasteiger partial charge in [0.25, 0.3) is 0 Å². The van der Waals surface area contributed by atoms with Crippen LogP contribution in [0.15, 0.2) is 30.3 Å². The van der Waals surface area contributed by atoms with Crippen molar-refractivity contribution in [2.45, 2.75) is 25.3 Å². The molecule has 1 N–H and O–H groups in total. The van der Waals surface area contributed by atoms with Crippen molar-refractivity contribution in [1.29, 1.82) is 0 Å². The predicted molar refractivity (Wildman–Crippen MR) is 63.4 cm³/mol. The van der Waals surface area contributed by atoms with E-state index in [0.717, 1.165) is 13.0 Å². The second kappa shape index (κ2) is 4.77. The maximum Gasteiger partial charge on any atom is 0.154 e. The second-order valence-electron chi connectivity index (χ2n) is 4.09. The molecule has 1 heterocycles. The summed E-state index contributed by atoms with van der Waals surface area (Å²) < 4.78 is 0. The van der Waals surface area contributed by atoms with Gasteiger partial charge in [0, 0.05) is 13.0 Å². The van der Waals surface area contributed by atoms with Gasteiger partial charge in [0.2, 0.25) is 0 Å². The highest BCUT2D eigenvalue weighted by molar-refractivity contribution is 5.90. The van der Waals surface area contributed by atoms with Gasteiger partial charge in [-0.25, -0.2) is 0 Å². The van der Waals surface area contributed by atoms with Crippen LogP contribution in [0.1, 0.15) is 18.9 Å². The summed E-state index contributed by atoms with van der Waals surface area (Å²) in [4.78, 5) is 11.6. The summed E-state index contributed by atoms with van der Waals surface area (Å²) in [6, 6.07) is 10.2. The van der Waals surface area contributed by atoms with Gasteiger partial charge in [0.15, 0.2) is 5.78 Å². The highest BCUT2D eigenvalue weighted by Gasteiger charge is 2.36. The van der Waals surface area contributed by atoms with Gasteiger partial charge in [-0.3, -0.25) is 4.79 Å². The zero-order chi connectivity index (χ0) is 10.0. The minimum Gasteiger partial charge on any atom is -0.304 e.